The zero-order chi connectivity index (χ0) is 13.1. The second kappa shape index (κ2) is 5.63. The lowest BCUT2D eigenvalue weighted by molar-refractivity contribution is 0.0992. The topological polar surface area (TPSA) is 30.0 Å². The van der Waals surface area contributed by atoms with Crippen LogP contribution < -0.4 is 0 Å². The summed E-state index contributed by atoms with van der Waals surface area (Å²) in [4.78, 5) is 16.3. The molecule has 0 saturated carbocycles. The maximum absolute atomic E-state index is 12.2. The van der Waals surface area contributed by atoms with Crippen molar-refractivity contribution >= 4 is 33.3 Å². The SMILES string of the molecule is Cc1ncccc1C(=O)Cc1ccc(Br)cc1Cl. The fourth-order valence-corrected chi connectivity index (χ4v) is 2.45. The van der Waals surface area contributed by atoms with E-state index in [4.69, 9.17) is 11.6 Å². The van der Waals surface area contributed by atoms with Crippen LogP contribution in [-0.2, 0) is 6.42 Å². The third-order valence-electron chi connectivity index (χ3n) is 2.67. The third kappa shape index (κ3) is 2.98. The van der Waals surface area contributed by atoms with Gasteiger partial charge in [0, 0.05) is 33.4 Å². The van der Waals surface area contributed by atoms with Crippen LogP contribution in [0.15, 0.2) is 41.0 Å². The molecule has 2 nitrogen and oxygen atoms in total. The number of aromatic nitrogens is 1. The van der Waals surface area contributed by atoms with Gasteiger partial charge in [-0.05, 0) is 36.8 Å². The number of halogens is 2. The highest BCUT2D eigenvalue weighted by Gasteiger charge is 2.12. The van der Waals surface area contributed by atoms with Gasteiger partial charge in [0.05, 0.1) is 0 Å². The average Bonchev–Trinajstić information content (AvgIpc) is 2.33. The molecule has 1 aromatic heterocycles. The van der Waals surface area contributed by atoms with Gasteiger partial charge in [-0.2, -0.15) is 0 Å². The van der Waals surface area contributed by atoms with E-state index < -0.39 is 0 Å². The minimum absolute atomic E-state index is 0.0322. The monoisotopic (exact) mass is 323 g/mol. The summed E-state index contributed by atoms with van der Waals surface area (Å²) < 4.78 is 0.904. The van der Waals surface area contributed by atoms with E-state index in [9.17, 15) is 4.79 Å². The first kappa shape index (κ1) is 13.2. The molecule has 0 saturated heterocycles. The number of hydrogen-bond donors (Lipinski definition) is 0. The number of pyridine rings is 1. The van der Waals surface area contributed by atoms with Crippen molar-refractivity contribution in [2.24, 2.45) is 0 Å². The molecule has 0 amide bonds. The van der Waals surface area contributed by atoms with Crippen LogP contribution >= 0.6 is 27.5 Å². The number of nitrogens with zero attached hydrogens (tertiary/aromatic N) is 1. The minimum atomic E-state index is 0.0322. The first-order valence-corrected chi connectivity index (χ1v) is 6.64. The van der Waals surface area contributed by atoms with Gasteiger partial charge in [0.2, 0.25) is 0 Å². The summed E-state index contributed by atoms with van der Waals surface area (Å²) in [5.74, 6) is 0.0322. The smallest absolute Gasteiger partial charge is 0.169 e. The zero-order valence-electron chi connectivity index (χ0n) is 9.78. The fraction of sp³-hybridized carbons (Fsp3) is 0.143. The Balaban J connectivity index is 2.24. The van der Waals surface area contributed by atoms with Gasteiger partial charge in [0.25, 0.3) is 0 Å². The molecule has 18 heavy (non-hydrogen) atoms. The standard InChI is InChI=1S/C14H11BrClNO/c1-9-12(3-2-6-17-9)14(18)7-10-4-5-11(15)8-13(10)16/h2-6,8H,7H2,1H3. The predicted octanol–water partition coefficient (Wildman–Crippen LogP) is 4.23. The van der Waals surface area contributed by atoms with Crippen LogP contribution in [0.25, 0.3) is 0 Å². The van der Waals surface area contributed by atoms with Crippen molar-refractivity contribution in [1.29, 1.82) is 0 Å². The number of benzene rings is 1. The van der Waals surface area contributed by atoms with Crippen molar-refractivity contribution in [2.75, 3.05) is 0 Å². The Morgan fingerprint density at radius 1 is 1.39 bits per heavy atom. The van der Waals surface area contributed by atoms with E-state index in [1.165, 1.54) is 0 Å². The van der Waals surface area contributed by atoms with E-state index in [0.717, 1.165) is 15.7 Å². The molecule has 1 heterocycles. The third-order valence-corrected chi connectivity index (χ3v) is 3.52. The summed E-state index contributed by atoms with van der Waals surface area (Å²) >= 11 is 9.44. The molecule has 0 N–H and O–H groups in total. The Hall–Kier alpha value is -1.19. The van der Waals surface area contributed by atoms with Crippen LogP contribution in [0.3, 0.4) is 0 Å². The van der Waals surface area contributed by atoms with Crippen LogP contribution in [0.4, 0.5) is 0 Å². The molecule has 0 unspecified atom stereocenters. The first-order chi connectivity index (χ1) is 8.58. The van der Waals surface area contributed by atoms with Gasteiger partial charge in [0.1, 0.15) is 0 Å². The number of hydrogen-bond acceptors (Lipinski definition) is 2. The summed E-state index contributed by atoms with van der Waals surface area (Å²) in [5, 5.41) is 0.597. The largest absolute Gasteiger partial charge is 0.294 e. The van der Waals surface area contributed by atoms with Crippen LogP contribution in [-0.4, -0.2) is 10.8 Å². The molecule has 0 aliphatic heterocycles. The van der Waals surface area contributed by atoms with E-state index in [2.05, 4.69) is 20.9 Å². The molecule has 2 aromatic rings. The molecule has 1 aromatic carbocycles. The normalized spacial score (nSPS) is 10.4. The van der Waals surface area contributed by atoms with Gasteiger partial charge in [-0.25, -0.2) is 0 Å². The van der Waals surface area contributed by atoms with Crippen molar-refractivity contribution in [3.63, 3.8) is 0 Å². The lowest BCUT2D eigenvalue weighted by Crippen LogP contribution is -2.07. The molecule has 2 rings (SSSR count). The molecule has 0 fully saturated rings. The lowest BCUT2D eigenvalue weighted by Gasteiger charge is -2.06. The van der Waals surface area contributed by atoms with Crippen LogP contribution in [0, 0.1) is 6.92 Å². The molecule has 0 aliphatic rings. The number of carbonyl (C=O) groups excluding carboxylic acids is 1. The Morgan fingerprint density at radius 2 is 2.17 bits per heavy atom. The van der Waals surface area contributed by atoms with Gasteiger partial charge < -0.3 is 0 Å². The second-order valence-electron chi connectivity index (χ2n) is 3.97. The number of aryl methyl sites for hydroxylation is 1. The molecule has 0 radical (unpaired) electrons. The van der Waals surface area contributed by atoms with Crippen LogP contribution in [0.5, 0.6) is 0 Å². The Labute approximate surface area is 119 Å². The Morgan fingerprint density at radius 3 is 2.83 bits per heavy atom. The second-order valence-corrected chi connectivity index (χ2v) is 5.29. The van der Waals surface area contributed by atoms with Gasteiger partial charge in [0.15, 0.2) is 5.78 Å². The Kier molecular flexibility index (Phi) is 4.15. The molecule has 0 bridgehead atoms. The molecular formula is C14H11BrClNO. The molecule has 0 atom stereocenters. The molecule has 92 valence electrons. The zero-order valence-corrected chi connectivity index (χ0v) is 12.1. The summed E-state index contributed by atoms with van der Waals surface area (Å²) in [5.41, 5.74) is 2.22. The van der Waals surface area contributed by atoms with Gasteiger partial charge in [-0.15, -0.1) is 0 Å². The Bertz CT molecular complexity index is 598. The quantitative estimate of drug-likeness (QED) is 0.791. The highest BCUT2D eigenvalue weighted by Crippen LogP contribution is 2.23. The van der Waals surface area contributed by atoms with Crippen molar-refractivity contribution in [2.45, 2.75) is 13.3 Å². The summed E-state index contributed by atoms with van der Waals surface area (Å²) in [6.07, 6.45) is 1.97. The van der Waals surface area contributed by atoms with E-state index in [1.54, 1.807) is 24.4 Å². The van der Waals surface area contributed by atoms with Gasteiger partial charge in [-0.3, -0.25) is 9.78 Å². The van der Waals surface area contributed by atoms with Gasteiger partial charge in [-0.1, -0.05) is 33.6 Å². The van der Waals surface area contributed by atoms with Crippen LogP contribution in [0.1, 0.15) is 21.6 Å². The summed E-state index contributed by atoms with van der Waals surface area (Å²) in [7, 11) is 0. The maximum Gasteiger partial charge on any atom is 0.169 e. The highest BCUT2D eigenvalue weighted by molar-refractivity contribution is 9.10. The first-order valence-electron chi connectivity index (χ1n) is 5.46. The lowest BCUT2D eigenvalue weighted by atomic mass is 10.0. The summed E-state index contributed by atoms with van der Waals surface area (Å²) in [6.45, 7) is 1.83. The van der Waals surface area contributed by atoms with E-state index >= 15 is 0 Å². The number of ketones is 1. The van der Waals surface area contributed by atoms with Crippen molar-refractivity contribution in [3.05, 3.63) is 62.8 Å². The molecule has 4 heteroatoms. The number of rotatable bonds is 3. The number of carbonyl (C=O) groups is 1. The van der Waals surface area contributed by atoms with Gasteiger partial charge >= 0.3 is 0 Å². The van der Waals surface area contributed by atoms with Crippen LogP contribution in [0.2, 0.25) is 5.02 Å². The van der Waals surface area contributed by atoms with Crippen molar-refractivity contribution in [3.8, 4) is 0 Å². The number of Topliss-reactive ketones (excluding diaryl/α,β-unsaturated/α-hetero) is 1. The summed E-state index contributed by atoms with van der Waals surface area (Å²) in [6, 6.07) is 9.09. The molecular weight excluding hydrogens is 314 g/mol. The molecule has 0 spiro atoms. The van der Waals surface area contributed by atoms with Crippen molar-refractivity contribution < 1.29 is 4.79 Å². The highest BCUT2D eigenvalue weighted by atomic mass is 79.9. The van der Waals surface area contributed by atoms with E-state index in [1.807, 2.05) is 19.1 Å². The maximum atomic E-state index is 12.2. The van der Waals surface area contributed by atoms with E-state index in [0.29, 0.717) is 17.0 Å². The fourth-order valence-electron chi connectivity index (χ4n) is 1.71. The van der Waals surface area contributed by atoms with Crippen molar-refractivity contribution in [1.82, 2.24) is 4.98 Å². The average molecular weight is 325 g/mol. The van der Waals surface area contributed by atoms with E-state index in [-0.39, 0.29) is 5.78 Å². The minimum Gasteiger partial charge on any atom is -0.294 e. The predicted molar refractivity (Wildman–Crippen MR) is 76.2 cm³/mol. The molecule has 0 aliphatic carbocycles.